The molecular weight excluding hydrogens is 233 g/mol. The van der Waals surface area contributed by atoms with Crippen molar-refractivity contribution in [1.29, 1.82) is 0 Å². The van der Waals surface area contributed by atoms with Crippen LogP contribution in [0.4, 0.5) is 13.2 Å². The number of halogens is 3. The molecule has 0 saturated carbocycles. The molecule has 1 amide bonds. The third-order valence-corrected chi connectivity index (χ3v) is 1.97. The molecule has 0 heterocycles. The normalized spacial score (nSPS) is 12.6. The Balaban J connectivity index is 3.48. The van der Waals surface area contributed by atoms with Gasteiger partial charge in [0, 0.05) is 31.5 Å². The Bertz CT molecular complexity index is 234. The van der Waals surface area contributed by atoms with Gasteiger partial charge in [-0.1, -0.05) is 0 Å². The average molecular weight is 254 g/mol. The van der Waals surface area contributed by atoms with Crippen molar-refractivity contribution in [2.24, 2.45) is 0 Å². The third-order valence-electron chi connectivity index (χ3n) is 1.97. The number of hydrogen-bond donors (Lipinski definition) is 2. The van der Waals surface area contributed by atoms with E-state index < -0.39 is 12.6 Å². The Labute approximate surface area is 100 Å². The molecule has 0 rings (SSSR count). The minimum absolute atomic E-state index is 0.0590. The largest absolute Gasteiger partial charge is 0.389 e. The molecule has 0 fully saturated rings. The van der Waals surface area contributed by atoms with Crippen molar-refractivity contribution in [3.63, 3.8) is 0 Å². The number of amides is 1. The summed E-state index contributed by atoms with van der Waals surface area (Å²) in [6, 6.07) is 0. The molecule has 0 spiro atoms. The van der Waals surface area contributed by atoms with Crippen molar-refractivity contribution in [2.75, 3.05) is 13.1 Å². The second-order valence-corrected chi connectivity index (χ2v) is 5.00. The lowest BCUT2D eigenvalue weighted by molar-refractivity contribution is -0.136. The van der Waals surface area contributed by atoms with Crippen LogP contribution >= 0.6 is 0 Å². The van der Waals surface area contributed by atoms with E-state index in [9.17, 15) is 18.0 Å². The van der Waals surface area contributed by atoms with Crippen LogP contribution in [0.5, 0.6) is 0 Å². The molecule has 0 aliphatic heterocycles. The van der Waals surface area contributed by atoms with Crippen LogP contribution in [-0.4, -0.2) is 30.7 Å². The number of hydrogen-bond acceptors (Lipinski definition) is 2. The highest BCUT2D eigenvalue weighted by molar-refractivity contribution is 5.75. The molecule has 102 valence electrons. The minimum atomic E-state index is -4.14. The topological polar surface area (TPSA) is 41.1 Å². The van der Waals surface area contributed by atoms with Crippen LogP contribution in [-0.2, 0) is 4.79 Å². The zero-order chi connectivity index (χ0) is 13.5. The predicted octanol–water partition coefficient (Wildman–Crippen LogP) is 2.22. The van der Waals surface area contributed by atoms with Gasteiger partial charge in [0.05, 0.1) is 0 Å². The van der Waals surface area contributed by atoms with Crippen LogP contribution in [0.15, 0.2) is 0 Å². The Morgan fingerprint density at radius 2 is 1.71 bits per heavy atom. The fraction of sp³-hybridized carbons (Fsp3) is 0.909. The molecule has 0 aliphatic carbocycles. The molecule has 0 aromatic rings. The first kappa shape index (κ1) is 16.2. The van der Waals surface area contributed by atoms with Gasteiger partial charge in [-0.2, -0.15) is 13.2 Å². The summed E-state index contributed by atoms with van der Waals surface area (Å²) in [7, 11) is 0. The van der Waals surface area contributed by atoms with Crippen LogP contribution < -0.4 is 10.6 Å². The van der Waals surface area contributed by atoms with Crippen LogP contribution in [0.3, 0.4) is 0 Å². The van der Waals surface area contributed by atoms with E-state index >= 15 is 0 Å². The zero-order valence-corrected chi connectivity index (χ0v) is 10.6. The molecule has 0 saturated heterocycles. The number of alkyl halides is 3. The average Bonchev–Trinajstić information content (AvgIpc) is 2.09. The van der Waals surface area contributed by atoms with Crippen LogP contribution in [0, 0.1) is 0 Å². The van der Waals surface area contributed by atoms with Gasteiger partial charge in [0.15, 0.2) is 0 Å². The fourth-order valence-corrected chi connectivity index (χ4v) is 1.16. The van der Waals surface area contributed by atoms with Crippen molar-refractivity contribution < 1.29 is 18.0 Å². The van der Waals surface area contributed by atoms with Gasteiger partial charge in [-0.25, -0.2) is 0 Å². The fourth-order valence-electron chi connectivity index (χ4n) is 1.16. The van der Waals surface area contributed by atoms with E-state index in [0.717, 1.165) is 0 Å². The molecule has 17 heavy (non-hydrogen) atoms. The van der Waals surface area contributed by atoms with E-state index in [4.69, 9.17) is 0 Å². The van der Waals surface area contributed by atoms with Crippen LogP contribution in [0.25, 0.3) is 0 Å². The number of nitrogens with one attached hydrogen (secondary N) is 2. The Morgan fingerprint density at radius 1 is 1.12 bits per heavy atom. The first-order chi connectivity index (χ1) is 7.60. The molecule has 0 aliphatic rings. The molecule has 0 atom stereocenters. The third kappa shape index (κ3) is 13.2. The van der Waals surface area contributed by atoms with E-state index in [2.05, 4.69) is 10.6 Å². The maximum Gasteiger partial charge on any atom is 0.389 e. The monoisotopic (exact) mass is 254 g/mol. The van der Waals surface area contributed by atoms with Gasteiger partial charge >= 0.3 is 6.18 Å². The van der Waals surface area contributed by atoms with Gasteiger partial charge in [0.1, 0.15) is 0 Å². The smallest absolute Gasteiger partial charge is 0.356 e. The Kier molecular flexibility index (Phi) is 6.52. The van der Waals surface area contributed by atoms with Gasteiger partial charge in [-0.3, -0.25) is 4.79 Å². The molecule has 0 aromatic heterocycles. The van der Waals surface area contributed by atoms with E-state index in [1.165, 1.54) is 0 Å². The van der Waals surface area contributed by atoms with E-state index in [1.807, 2.05) is 20.8 Å². The lowest BCUT2D eigenvalue weighted by atomic mass is 10.1. The summed E-state index contributed by atoms with van der Waals surface area (Å²) in [5.74, 6) is -0.219. The maximum absolute atomic E-state index is 11.8. The van der Waals surface area contributed by atoms with Gasteiger partial charge < -0.3 is 10.6 Å². The molecule has 0 radical (unpaired) electrons. The van der Waals surface area contributed by atoms with E-state index in [0.29, 0.717) is 6.54 Å². The Morgan fingerprint density at radius 3 is 2.18 bits per heavy atom. The van der Waals surface area contributed by atoms with Crippen LogP contribution in [0.2, 0.25) is 0 Å². The molecule has 0 aromatic carbocycles. The molecule has 0 unspecified atom stereocenters. The van der Waals surface area contributed by atoms with E-state index in [-0.39, 0.29) is 30.8 Å². The highest BCUT2D eigenvalue weighted by atomic mass is 19.4. The lowest BCUT2D eigenvalue weighted by Crippen LogP contribution is -2.38. The molecule has 6 heteroatoms. The summed E-state index contributed by atoms with van der Waals surface area (Å²) < 4.78 is 35.4. The van der Waals surface area contributed by atoms with Gasteiger partial charge in [-0.15, -0.1) is 0 Å². The van der Waals surface area contributed by atoms with Crippen molar-refractivity contribution in [3.8, 4) is 0 Å². The standard InChI is InChI=1S/C11H21F3N2O/c1-10(2,3)16-8-5-9(17)15-7-4-6-11(12,13)14/h16H,4-8H2,1-3H3,(H,15,17). The molecular formula is C11H21F3N2O. The number of carbonyl (C=O) groups is 1. The SMILES string of the molecule is CC(C)(C)NCCC(=O)NCCCC(F)(F)F. The second kappa shape index (κ2) is 6.83. The highest BCUT2D eigenvalue weighted by Gasteiger charge is 2.25. The summed E-state index contributed by atoms with van der Waals surface area (Å²) in [5.41, 5.74) is -0.0590. The van der Waals surface area contributed by atoms with Crippen molar-refractivity contribution in [1.82, 2.24) is 10.6 Å². The van der Waals surface area contributed by atoms with Crippen LogP contribution in [0.1, 0.15) is 40.0 Å². The lowest BCUT2D eigenvalue weighted by Gasteiger charge is -2.20. The van der Waals surface area contributed by atoms with E-state index in [1.54, 1.807) is 0 Å². The number of carbonyl (C=O) groups excluding carboxylic acids is 1. The minimum Gasteiger partial charge on any atom is -0.356 e. The molecule has 2 N–H and O–H groups in total. The quantitative estimate of drug-likeness (QED) is 0.714. The van der Waals surface area contributed by atoms with Gasteiger partial charge in [-0.05, 0) is 27.2 Å². The first-order valence-corrected chi connectivity index (χ1v) is 5.69. The summed E-state index contributed by atoms with van der Waals surface area (Å²) >= 11 is 0. The summed E-state index contributed by atoms with van der Waals surface area (Å²) in [6.07, 6.45) is -4.78. The Hall–Kier alpha value is -0.780. The van der Waals surface area contributed by atoms with Gasteiger partial charge in [0.2, 0.25) is 5.91 Å². The maximum atomic E-state index is 11.8. The molecule has 0 bridgehead atoms. The summed E-state index contributed by atoms with van der Waals surface area (Å²) in [5, 5.41) is 5.59. The zero-order valence-electron chi connectivity index (χ0n) is 10.6. The van der Waals surface area contributed by atoms with Crippen molar-refractivity contribution >= 4 is 5.91 Å². The summed E-state index contributed by atoms with van der Waals surface area (Å²) in [6.45, 7) is 6.54. The van der Waals surface area contributed by atoms with Crippen molar-refractivity contribution in [2.45, 2.75) is 51.7 Å². The van der Waals surface area contributed by atoms with Gasteiger partial charge in [0.25, 0.3) is 0 Å². The first-order valence-electron chi connectivity index (χ1n) is 5.69. The molecule has 3 nitrogen and oxygen atoms in total. The second-order valence-electron chi connectivity index (χ2n) is 5.00. The van der Waals surface area contributed by atoms with Crippen molar-refractivity contribution in [3.05, 3.63) is 0 Å². The highest BCUT2D eigenvalue weighted by Crippen LogP contribution is 2.20. The number of rotatable bonds is 6. The summed E-state index contributed by atoms with van der Waals surface area (Å²) in [4.78, 5) is 11.2. The predicted molar refractivity (Wildman–Crippen MR) is 60.7 cm³/mol.